The third-order valence-corrected chi connectivity index (χ3v) is 3.02. The van der Waals surface area contributed by atoms with Gasteiger partial charge in [0, 0.05) is 13.1 Å². The molecule has 1 unspecified atom stereocenters. The Balaban J connectivity index is 0.00000400. The molecule has 1 aromatic carbocycles. The molecule has 1 rings (SSSR count). The molecule has 0 aliphatic heterocycles. The number of likely N-dealkylation sites (N-methyl/N-ethyl adjacent to an activating group) is 2. The molecule has 21 heavy (non-hydrogen) atoms. The van der Waals surface area contributed by atoms with Crippen molar-refractivity contribution in [2.45, 2.75) is 26.3 Å². The molecule has 0 aromatic heterocycles. The van der Waals surface area contributed by atoms with E-state index in [1.165, 1.54) is 4.90 Å². The molecule has 0 aliphatic carbocycles. The summed E-state index contributed by atoms with van der Waals surface area (Å²) < 4.78 is 0. The molecule has 0 aliphatic rings. The predicted molar refractivity (Wildman–Crippen MR) is 86.3 cm³/mol. The Labute approximate surface area is 132 Å². The molecule has 0 heterocycles. The fraction of sp³-hybridized carbons (Fsp3) is 0.467. The molecular weight excluding hydrogens is 290 g/mol. The summed E-state index contributed by atoms with van der Waals surface area (Å²) >= 11 is 0. The Morgan fingerprint density at radius 2 is 1.86 bits per heavy atom. The van der Waals surface area contributed by atoms with E-state index in [4.69, 9.17) is 5.73 Å². The van der Waals surface area contributed by atoms with Crippen molar-refractivity contribution >= 4 is 24.2 Å². The van der Waals surface area contributed by atoms with Gasteiger partial charge in [0.05, 0.1) is 12.6 Å². The Morgan fingerprint density at radius 1 is 1.24 bits per heavy atom. The highest BCUT2D eigenvalue weighted by molar-refractivity contribution is 5.87. The number of nitrogens with two attached hydrogens (primary N) is 1. The number of hydrogen-bond donors (Lipinski definition) is 2. The first kappa shape index (κ1) is 19.4. The van der Waals surface area contributed by atoms with Crippen LogP contribution in [0.25, 0.3) is 0 Å². The van der Waals surface area contributed by atoms with Crippen LogP contribution in [0.5, 0.6) is 0 Å². The van der Waals surface area contributed by atoms with Crippen molar-refractivity contribution in [1.29, 1.82) is 0 Å². The number of hydrogen-bond acceptors (Lipinski definition) is 3. The number of halogens is 1. The summed E-state index contributed by atoms with van der Waals surface area (Å²) in [5, 5.41) is 2.68. The zero-order valence-corrected chi connectivity index (χ0v) is 13.4. The lowest BCUT2D eigenvalue weighted by Crippen LogP contribution is -2.48. The van der Waals surface area contributed by atoms with Crippen LogP contribution in [0.4, 0.5) is 0 Å². The molecule has 6 heteroatoms. The number of carbonyl (C=O) groups is 2. The fourth-order valence-corrected chi connectivity index (χ4v) is 1.96. The van der Waals surface area contributed by atoms with Gasteiger partial charge >= 0.3 is 0 Å². The zero-order chi connectivity index (χ0) is 15.0. The minimum absolute atomic E-state index is 0. The van der Waals surface area contributed by atoms with Crippen LogP contribution >= 0.6 is 12.4 Å². The second-order valence-corrected chi connectivity index (χ2v) is 4.60. The first-order chi connectivity index (χ1) is 9.58. The lowest BCUT2D eigenvalue weighted by Gasteiger charge is -2.23. The average molecular weight is 314 g/mol. The first-order valence-corrected chi connectivity index (χ1v) is 6.93. The molecule has 0 fully saturated rings. The van der Waals surface area contributed by atoms with Gasteiger partial charge < -0.3 is 16.0 Å². The third-order valence-electron chi connectivity index (χ3n) is 3.02. The highest BCUT2D eigenvalue weighted by Crippen LogP contribution is 2.04. The van der Waals surface area contributed by atoms with Crippen molar-refractivity contribution in [2.24, 2.45) is 5.73 Å². The van der Waals surface area contributed by atoms with Gasteiger partial charge in [-0.1, -0.05) is 30.3 Å². The smallest absolute Gasteiger partial charge is 0.240 e. The highest BCUT2D eigenvalue weighted by atomic mass is 35.5. The maximum absolute atomic E-state index is 12.2. The van der Waals surface area contributed by atoms with Crippen molar-refractivity contribution in [1.82, 2.24) is 10.2 Å². The van der Waals surface area contributed by atoms with Gasteiger partial charge in [-0.15, -0.1) is 12.4 Å². The van der Waals surface area contributed by atoms with Gasteiger partial charge in [0.2, 0.25) is 11.8 Å². The van der Waals surface area contributed by atoms with E-state index in [1.807, 2.05) is 44.2 Å². The van der Waals surface area contributed by atoms with Gasteiger partial charge in [0.15, 0.2) is 0 Å². The molecule has 0 spiro atoms. The molecular formula is C15H24ClN3O2. The normalized spacial score (nSPS) is 11.2. The Morgan fingerprint density at radius 3 is 2.38 bits per heavy atom. The second kappa shape index (κ2) is 10.2. The van der Waals surface area contributed by atoms with Gasteiger partial charge in [-0.2, -0.15) is 0 Å². The number of rotatable bonds is 7. The largest absolute Gasteiger partial charge is 0.355 e. The second-order valence-electron chi connectivity index (χ2n) is 4.60. The summed E-state index contributed by atoms with van der Waals surface area (Å²) in [6.07, 6.45) is 0.478. The van der Waals surface area contributed by atoms with E-state index in [0.717, 1.165) is 5.56 Å². The number of amides is 2. The third kappa shape index (κ3) is 6.60. The maximum atomic E-state index is 12.2. The molecule has 5 nitrogen and oxygen atoms in total. The minimum Gasteiger partial charge on any atom is -0.355 e. The van der Waals surface area contributed by atoms with Crippen molar-refractivity contribution in [3.63, 3.8) is 0 Å². The standard InChI is InChI=1S/C15H23N3O2.ClH/c1-3-17-14(19)11-18(4-2)15(20)13(16)10-12-8-6-5-7-9-12;/h5-9,13H,3-4,10-11,16H2,1-2H3,(H,17,19);1H. The van der Waals surface area contributed by atoms with E-state index in [1.54, 1.807) is 0 Å². The summed E-state index contributed by atoms with van der Waals surface area (Å²) in [5.74, 6) is -0.350. The van der Waals surface area contributed by atoms with Crippen LogP contribution in [-0.2, 0) is 16.0 Å². The molecule has 1 aromatic rings. The van der Waals surface area contributed by atoms with Crippen molar-refractivity contribution in [2.75, 3.05) is 19.6 Å². The number of nitrogens with one attached hydrogen (secondary N) is 1. The van der Waals surface area contributed by atoms with Gasteiger partial charge in [-0.25, -0.2) is 0 Å². The number of nitrogens with zero attached hydrogens (tertiary/aromatic N) is 1. The zero-order valence-electron chi connectivity index (χ0n) is 12.5. The molecule has 1 atom stereocenters. The molecule has 0 saturated carbocycles. The topological polar surface area (TPSA) is 75.4 Å². The van der Waals surface area contributed by atoms with E-state index >= 15 is 0 Å². The summed E-state index contributed by atoms with van der Waals surface area (Å²) in [6.45, 7) is 4.77. The lowest BCUT2D eigenvalue weighted by atomic mass is 10.1. The van der Waals surface area contributed by atoms with E-state index in [9.17, 15) is 9.59 Å². The molecule has 0 bridgehead atoms. The Kier molecular flexibility index (Phi) is 9.41. The fourth-order valence-electron chi connectivity index (χ4n) is 1.96. The van der Waals surface area contributed by atoms with Crippen molar-refractivity contribution in [3.05, 3.63) is 35.9 Å². The predicted octanol–water partition coefficient (Wildman–Crippen LogP) is 0.963. The summed E-state index contributed by atoms with van der Waals surface area (Å²) in [6, 6.07) is 9.01. The van der Waals surface area contributed by atoms with Crippen LogP contribution in [-0.4, -0.2) is 42.4 Å². The summed E-state index contributed by atoms with van der Waals surface area (Å²) in [4.78, 5) is 25.3. The van der Waals surface area contributed by atoms with Crippen LogP contribution in [0, 0.1) is 0 Å². The van der Waals surface area contributed by atoms with Crippen LogP contribution in [0.3, 0.4) is 0 Å². The maximum Gasteiger partial charge on any atom is 0.240 e. The van der Waals surface area contributed by atoms with E-state index in [2.05, 4.69) is 5.32 Å². The quantitative estimate of drug-likeness (QED) is 0.787. The van der Waals surface area contributed by atoms with Gasteiger partial charge in [0.25, 0.3) is 0 Å². The first-order valence-electron chi connectivity index (χ1n) is 6.93. The minimum atomic E-state index is -0.619. The van der Waals surface area contributed by atoms with Gasteiger partial charge in [-0.05, 0) is 25.8 Å². The van der Waals surface area contributed by atoms with Crippen LogP contribution in [0.2, 0.25) is 0 Å². The SMILES string of the molecule is CCNC(=O)CN(CC)C(=O)C(N)Cc1ccccc1.Cl. The van der Waals surface area contributed by atoms with Crippen molar-refractivity contribution in [3.8, 4) is 0 Å². The Hall–Kier alpha value is -1.59. The van der Waals surface area contributed by atoms with E-state index in [-0.39, 0.29) is 30.8 Å². The number of carbonyl (C=O) groups excluding carboxylic acids is 2. The monoisotopic (exact) mass is 313 g/mol. The Bertz CT molecular complexity index is 440. The number of benzene rings is 1. The van der Waals surface area contributed by atoms with Crippen LogP contribution in [0.1, 0.15) is 19.4 Å². The molecule has 118 valence electrons. The molecule has 3 N–H and O–H groups in total. The summed E-state index contributed by atoms with van der Waals surface area (Å²) in [5.41, 5.74) is 6.97. The van der Waals surface area contributed by atoms with E-state index in [0.29, 0.717) is 19.5 Å². The van der Waals surface area contributed by atoms with Crippen LogP contribution in [0.15, 0.2) is 30.3 Å². The van der Waals surface area contributed by atoms with Gasteiger partial charge in [-0.3, -0.25) is 9.59 Å². The molecule has 2 amide bonds. The van der Waals surface area contributed by atoms with Crippen LogP contribution < -0.4 is 11.1 Å². The van der Waals surface area contributed by atoms with Crippen molar-refractivity contribution < 1.29 is 9.59 Å². The highest BCUT2D eigenvalue weighted by Gasteiger charge is 2.21. The van der Waals surface area contributed by atoms with Gasteiger partial charge in [0.1, 0.15) is 0 Å². The lowest BCUT2D eigenvalue weighted by molar-refractivity contribution is -0.136. The molecule has 0 saturated heterocycles. The summed E-state index contributed by atoms with van der Waals surface area (Å²) in [7, 11) is 0. The van der Waals surface area contributed by atoms with E-state index < -0.39 is 6.04 Å². The average Bonchev–Trinajstić information content (AvgIpc) is 2.45. The molecule has 0 radical (unpaired) electrons.